The molecule has 0 saturated carbocycles. The molecule has 1 aromatic heterocycles. The second kappa shape index (κ2) is 18.1. The summed E-state index contributed by atoms with van der Waals surface area (Å²) in [4.78, 5) is 2.55. The van der Waals surface area contributed by atoms with Gasteiger partial charge in [0.05, 0.1) is 22.4 Å². The highest BCUT2D eigenvalue weighted by atomic mass is 16.5. The van der Waals surface area contributed by atoms with E-state index in [1.165, 1.54) is 12.0 Å². The molecule has 1 aliphatic heterocycles. The lowest BCUT2D eigenvalue weighted by Crippen LogP contribution is -2.56. The van der Waals surface area contributed by atoms with Crippen molar-refractivity contribution in [1.29, 1.82) is 0 Å². The van der Waals surface area contributed by atoms with Crippen molar-refractivity contribution in [2.75, 3.05) is 4.90 Å². The molecule has 1 atom stereocenters. The Bertz CT molecular complexity index is 1680. The highest BCUT2D eigenvalue weighted by Crippen LogP contribution is 2.48. The normalized spacial score (nSPS) is 14.6. The van der Waals surface area contributed by atoms with Gasteiger partial charge in [-0.15, -0.1) is 5.10 Å². The lowest BCUT2D eigenvalue weighted by molar-refractivity contribution is 0.0165. The molecular formula is C49H85BN4O2. The van der Waals surface area contributed by atoms with Gasteiger partial charge < -0.3 is 14.7 Å². The molecule has 0 amide bonds. The van der Waals surface area contributed by atoms with Crippen LogP contribution in [0.5, 0.6) is 0 Å². The minimum Gasteiger partial charge on any atom is -0.431 e. The van der Waals surface area contributed by atoms with Gasteiger partial charge >= 0.3 is 0 Å². The van der Waals surface area contributed by atoms with Gasteiger partial charge in [-0.05, 0) is 108 Å². The van der Waals surface area contributed by atoms with Crippen LogP contribution in [0.15, 0.2) is 48.5 Å². The molecule has 2 heterocycles. The van der Waals surface area contributed by atoms with Gasteiger partial charge in [-0.25, -0.2) is 4.68 Å². The van der Waals surface area contributed by atoms with Crippen molar-refractivity contribution in [3.63, 3.8) is 0 Å². The number of nitrogens with zero attached hydrogens (tertiary/aromatic N) is 4. The summed E-state index contributed by atoms with van der Waals surface area (Å²) in [6.07, 6.45) is 2.84. The van der Waals surface area contributed by atoms with E-state index in [0.29, 0.717) is 17.3 Å². The molecule has 0 fully saturated rings. The summed E-state index contributed by atoms with van der Waals surface area (Å²) in [7, 11) is 0. The van der Waals surface area contributed by atoms with Crippen LogP contribution in [0.4, 0.5) is 5.69 Å². The Labute approximate surface area is 346 Å². The average molecular weight is 773 g/mol. The quantitative estimate of drug-likeness (QED) is 0.186. The minimum absolute atomic E-state index is 0.110. The van der Waals surface area contributed by atoms with Gasteiger partial charge in [0.25, 0.3) is 6.92 Å². The summed E-state index contributed by atoms with van der Waals surface area (Å²) in [5.41, 5.74) is 5.78. The first kappa shape index (κ1) is 49.5. The van der Waals surface area contributed by atoms with Crippen LogP contribution in [0.3, 0.4) is 0 Å². The summed E-state index contributed by atoms with van der Waals surface area (Å²) >= 11 is 0. The van der Waals surface area contributed by atoms with Crippen molar-refractivity contribution in [2.45, 2.75) is 200 Å². The van der Waals surface area contributed by atoms with Gasteiger partial charge in [0.2, 0.25) is 0 Å². The number of benzene rings is 2. The Morgan fingerprint density at radius 1 is 0.732 bits per heavy atom. The summed E-state index contributed by atoms with van der Waals surface area (Å²) in [5.74, 6) is 0.982. The maximum absolute atomic E-state index is 10.7. The van der Waals surface area contributed by atoms with Gasteiger partial charge in [-0.2, -0.15) is 0 Å². The topological polar surface area (TPSA) is 63.4 Å². The monoisotopic (exact) mass is 773 g/mol. The van der Waals surface area contributed by atoms with E-state index >= 15 is 0 Å². The molecule has 6 nitrogen and oxygen atoms in total. The number of para-hydroxylation sites is 1. The Balaban J connectivity index is 0.000000718. The zero-order valence-electron chi connectivity index (χ0n) is 40.3. The molecule has 2 aromatic carbocycles. The summed E-state index contributed by atoms with van der Waals surface area (Å²) in [6, 6.07) is 17.4. The first-order valence-electron chi connectivity index (χ1n) is 21.6. The van der Waals surface area contributed by atoms with Gasteiger partial charge in [-0.3, -0.25) is 0 Å². The van der Waals surface area contributed by atoms with Crippen LogP contribution in [0.25, 0.3) is 22.5 Å². The highest BCUT2D eigenvalue weighted by Gasteiger charge is 2.45. The Morgan fingerprint density at radius 3 is 1.73 bits per heavy atom. The zero-order chi connectivity index (χ0) is 43.5. The van der Waals surface area contributed by atoms with Crippen LogP contribution in [0.1, 0.15) is 163 Å². The van der Waals surface area contributed by atoms with E-state index in [4.69, 9.17) is 15.0 Å². The standard InChI is InChI=1S/C36H55BN4O2.C11H24.C2H6/c1-25(36(10,11)43-37(12)13)35(8,9)40-22-26-18-14-15-19-27(26)31-30(28-20-16-17-21-29(28)40)38-39-41(31)33(4,5)23-32(2,3)24-34(6,7)42;1-9(2)11(6,7)8-10(3,4)5;1-2/h14-21,25,42H,22-24H2,1-13H3;9H,8H2,1-7H3;1-2H3. The van der Waals surface area contributed by atoms with Crippen LogP contribution < -0.4 is 4.90 Å². The first-order chi connectivity index (χ1) is 25.3. The lowest BCUT2D eigenvalue weighted by atomic mass is 9.70. The number of rotatable bonds is 12. The predicted octanol–water partition coefficient (Wildman–Crippen LogP) is 13.8. The van der Waals surface area contributed by atoms with Gasteiger partial charge in [0.1, 0.15) is 5.69 Å². The van der Waals surface area contributed by atoms with Crippen LogP contribution in [-0.4, -0.2) is 43.8 Å². The van der Waals surface area contributed by atoms with E-state index in [1.54, 1.807) is 0 Å². The SMILES string of the molecule is CB(C)OC(C)(C)C(C)C(C)(C)N1Cc2ccccc2-c2c(nnn2C(C)(C)CC(C)(C)CC(C)(C)O)-c2ccccc21.CC.CC(C)C(C)(C)CC(C)(C)C. The van der Waals surface area contributed by atoms with E-state index < -0.39 is 5.60 Å². The van der Waals surface area contributed by atoms with Crippen molar-refractivity contribution in [3.8, 4) is 22.5 Å². The molecule has 1 N–H and O–H groups in total. The van der Waals surface area contributed by atoms with Crippen LogP contribution in [0.2, 0.25) is 13.6 Å². The van der Waals surface area contributed by atoms with E-state index in [2.05, 4.69) is 183 Å². The average Bonchev–Trinajstić information content (AvgIpc) is 3.46. The number of hydrogen-bond donors (Lipinski definition) is 1. The van der Waals surface area contributed by atoms with Crippen LogP contribution >= 0.6 is 0 Å². The third kappa shape index (κ3) is 12.7. The maximum atomic E-state index is 10.7. The second-order valence-corrected chi connectivity index (χ2v) is 22.1. The minimum atomic E-state index is -0.746. The molecule has 0 spiro atoms. The molecule has 3 aromatic rings. The molecule has 0 saturated heterocycles. The van der Waals surface area contributed by atoms with E-state index in [9.17, 15) is 5.11 Å². The van der Waals surface area contributed by atoms with Crippen LogP contribution in [-0.2, 0) is 16.7 Å². The zero-order valence-corrected chi connectivity index (χ0v) is 40.3. The summed E-state index contributed by atoms with van der Waals surface area (Å²) in [6.45, 7) is 49.6. The fraction of sp³-hybridized carbons (Fsp3) is 0.714. The predicted molar refractivity (Wildman–Crippen MR) is 246 cm³/mol. The third-order valence-electron chi connectivity index (χ3n) is 12.0. The molecular weight excluding hydrogens is 687 g/mol. The number of aromatic nitrogens is 3. The second-order valence-electron chi connectivity index (χ2n) is 22.1. The van der Waals surface area contributed by atoms with Gasteiger partial charge in [0, 0.05) is 34.8 Å². The fourth-order valence-corrected chi connectivity index (χ4v) is 9.54. The van der Waals surface area contributed by atoms with Crippen molar-refractivity contribution < 1.29 is 9.76 Å². The van der Waals surface area contributed by atoms with Gasteiger partial charge in [-0.1, -0.05) is 144 Å². The van der Waals surface area contributed by atoms with E-state index in [1.807, 2.05) is 27.7 Å². The molecule has 1 unspecified atom stereocenters. The largest absolute Gasteiger partial charge is 0.431 e. The number of anilines is 1. The molecule has 4 rings (SSSR count). The summed E-state index contributed by atoms with van der Waals surface area (Å²) in [5, 5.41) is 20.5. The van der Waals surface area contributed by atoms with Crippen molar-refractivity contribution in [3.05, 3.63) is 54.1 Å². The Morgan fingerprint density at radius 2 is 1.25 bits per heavy atom. The molecule has 7 heteroatoms. The van der Waals surface area contributed by atoms with Gasteiger partial charge in [0.15, 0.2) is 0 Å². The number of hydrogen-bond acceptors (Lipinski definition) is 5. The third-order valence-corrected chi connectivity index (χ3v) is 12.0. The molecule has 316 valence electrons. The Hall–Kier alpha value is -2.64. The van der Waals surface area contributed by atoms with Crippen molar-refractivity contribution in [2.24, 2.45) is 28.1 Å². The first-order valence-corrected chi connectivity index (χ1v) is 21.6. The molecule has 0 aliphatic carbocycles. The summed E-state index contributed by atoms with van der Waals surface area (Å²) < 4.78 is 8.63. The fourth-order valence-electron chi connectivity index (χ4n) is 9.54. The van der Waals surface area contributed by atoms with Crippen molar-refractivity contribution in [1.82, 2.24) is 15.0 Å². The number of aliphatic hydroxyl groups is 1. The van der Waals surface area contributed by atoms with Crippen molar-refractivity contribution >= 4 is 12.6 Å². The molecule has 1 aliphatic rings. The molecule has 0 bridgehead atoms. The molecule has 0 radical (unpaired) electrons. The van der Waals surface area contributed by atoms with E-state index in [0.717, 1.165) is 47.1 Å². The van der Waals surface area contributed by atoms with E-state index in [-0.39, 0.29) is 34.9 Å². The smallest absolute Gasteiger partial charge is 0.287 e. The number of fused-ring (bicyclic) bond motifs is 5. The lowest BCUT2D eigenvalue weighted by Gasteiger charge is -2.51. The highest BCUT2D eigenvalue weighted by molar-refractivity contribution is 6.48. The van der Waals surface area contributed by atoms with Crippen LogP contribution in [0, 0.1) is 28.1 Å². The maximum Gasteiger partial charge on any atom is 0.287 e. The molecule has 56 heavy (non-hydrogen) atoms. The Kier molecular flexibility index (Phi) is 16.0.